The lowest BCUT2D eigenvalue weighted by Crippen LogP contribution is -2.28. The number of alkyl halides is 1. The Balaban J connectivity index is 2.26. The number of carboxylic acid groups (broad SMARTS) is 1. The first-order valence-electron chi connectivity index (χ1n) is 4.73. The molecule has 1 saturated heterocycles. The van der Waals surface area contributed by atoms with Crippen LogP contribution in [0.1, 0.15) is 11.6 Å². The molecule has 0 bridgehead atoms. The second-order valence-corrected chi connectivity index (χ2v) is 4.05. The molecule has 3 N–H and O–H groups in total. The van der Waals surface area contributed by atoms with E-state index >= 15 is 0 Å². The van der Waals surface area contributed by atoms with Crippen LogP contribution in [0.3, 0.4) is 0 Å². The summed E-state index contributed by atoms with van der Waals surface area (Å²) >= 11 is 5.82. The smallest absolute Gasteiger partial charge is 0.311 e. The minimum atomic E-state index is -0.994. The summed E-state index contributed by atoms with van der Waals surface area (Å²) in [6.07, 6.45) is 0. The predicted molar refractivity (Wildman–Crippen MR) is 56.2 cm³/mol. The Bertz CT molecular complexity index is 398. The van der Waals surface area contributed by atoms with Crippen LogP contribution in [-0.4, -0.2) is 16.6 Å². The molecule has 2 rings (SSSR count). The Morgan fingerprint density at radius 2 is 1.94 bits per heavy atom. The van der Waals surface area contributed by atoms with Crippen molar-refractivity contribution < 1.29 is 14.3 Å². The molecule has 1 aliphatic rings. The van der Waals surface area contributed by atoms with E-state index in [1.807, 2.05) is 0 Å². The van der Waals surface area contributed by atoms with Crippen molar-refractivity contribution in [1.29, 1.82) is 0 Å². The first kappa shape index (κ1) is 11.3. The Kier molecular flexibility index (Phi) is 3.09. The molecule has 0 aliphatic carbocycles. The number of halogens is 2. The van der Waals surface area contributed by atoms with Gasteiger partial charge in [0.15, 0.2) is 0 Å². The molecule has 3 atom stereocenters. The van der Waals surface area contributed by atoms with E-state index in [-0.39, 0.29) is 5.82 Å². The quantitative estimate of drug-likeness (QED) is 0.541. The fourth-order valence-electron chi connectivity index (χ4n) is 1.75. The number of hydrazine groups is 1. The van der Waals surface area contributed by atoms with Crippen molar-refractivity contribution in [3.05, 3.63) is 35.6 Å². The SMILES string of the molecule is O=C(O)C1C(Cl)NNC1c1ccc(F)cc1. The highest BCUT2D eigenvalue weighted by molar-refractivity contribution is 6.21. The Hall–Kier alpha value is -1.17. The lowest BCUT2D eigenvalue weighted by molar-refractivity contribution is -0.141. The van der Waals surface area contributed by atoms with E-state index in [2.05, 4.69) is 10.9 Å². The maximum atomic E-state index is 12.7. The molecular weight excluding hydrogens is 235 g/mol. The summed E-state index contributed by atoms with van der Waals surface area (Å²) in [7, 11) is 0. The van der Waals surface area contributed by atoms with Crippen LogP contribution < -0.4 is 10.9 Å². The molecular formula is C10H10ClFN2O2. The zero-order valence-corrected chi connectivity index (χ0v) is 8.91. The monoisotopic (exact) mass is 244 g/mol. The number of hydrogen-bond acceptors (Lipinski definition) is 3. The van der Waals surface area contributed by atoms with Crippen molar-refractivity contribution in [3.8, 4) is 0 Å². The van der Waals surface area contributed by atoms with Crippen LogP contribution in [0.4, 0.5) is 4.39 Å². The van der Waals surface area contributed by atoms with Gasteiger partial charge in [-0.1, -0.05) is 12.1 Å². The first-order valence-corrected chi connectivity index (χ1v) is 5.16. The lowest BCUT2D eigenvalue weighted by Gasteiger charge is -2.15. The van der Waals surface area contributed by atoms with E-state index in [1.54, 1.807) is 12.1 Å². The second-order valence-electron chi connectivity index (χ2n) is 3.58. The van der Waals surface area contributed by atoms with Gasteiger partial charge in [-0.25, -0.2) is 15.2 Å². The van der Waals surface area contributed by atoms with Gasteiger partial charge in [0.05, 0.1) is 6.04 Å². The minimum Gasteiger partial charge on any atom is -0.481 e. The van der Waals surface area contributed by atoms with Gasteiger partial charge < -0.3 is 5.11 Å². The summed E-state index contributed by atoms with van der Waals surface area (Å²) in [6.45, 7) is 0. The molecule has 0 aromatic heterocycles. The molecule has 0 amide bonds. The molecule has 1 aromatic carbocycles. The Morgan fingerprint density at radius 3 is 2.50 bits per heavy atom. The van der Waals surface area contributed by atoms with Gasteiger partial charge in [-0.3, -0.25) is 4.79 Å². The minimum absolute atomic E-state index is 0.357. The van der Waals surface area contributed by atoms with E-state index in [9.17, 15) is 9.18 Å². The summed E-state index contributed by atoms with van der Waals surface area (Å²) in [6, 6.07) is 5.20. The second kappa shape index (κ2) is 4.37. The highest BCUT2D eigenvalue weighted by Gasteiger charge is 2.40. The zero-order chi connectivity index (χ0) is 11.7. The molecule has 16 heavy (non-hydrogen) atoms. The summed E-state index contributed by atoms with van der Waals surface area (Å²) in [5.74, 6) is -2.14. The average molecular weight is 245 g/mol. The normalized spacial score (nSPS) is 29.2. The van der Waals surface area contributed by atoms with Crippen molar-refractivity contribution >= 4 is 17.6 Å². The van der Waals surface area contributed by atoms with Crippen molar-refractivity contribution in [2.45, 2.75) is 11.5 Å². The van der Waals surface area contributed by atoms with Crippen LogP contribution in [-0.2, 0) is 4.79 Å². The molecule has 4 nitrogen and oxygen atoms in total. The zero-order valence-electron chi connectivity index (χ0n) is 8.15. The number of rotatable bonds is 2. The van der Waals surface area contributed by atoms with Gasteiger partial charge >= 0.3 is 5.97 Å². The molecule has 6 heteroatoms. The molecule has 0 spiro atoms. The van der Waals surface area contributed by atoms with Gasteiger partial charge in [0.1, 0.15) is 17.2 Å². The van der Waals surface area contributed by atoms with Crippen LogP contribution >= 0.6 is 11.6 Å². The van der Waals surface area contributed by atoms with E-state index in [0.717, 1.165) is 0 Å². The van der Waals surface area contributed by atoms with E-state index in [0.29, 0.717) is 5.56 Å². The van der Waals surface area contributed by atoms with Crippen LogP contribution in [0.2, 0.25) is 0 Å². The Labute approximate surface area is 96.4 Å². The average Bonchev–Trinajstić information content (AvgIpc) is 2.61. The summed E-state index contributed by atoms with van der Waals surface area (Å²) in [5, 5.41) is 9.03. The molecule has 0 radical (unpaired) electrons. The summed E-state index contributed by atoms with van der Waals surface area (Å²) < 4.78 is 12.7. The van der Waals surface area contributed by atoms with E-state index in [1.165, 1.54) is 12.1 Å². The summed E-state index contributed by atoms with van der Waals surface area (Å²) in [4.78, 5) is 11.0. The number of benzene rings is 1. The van der Waals surface area contributed by atoms with Crippen molar-refractivity contribution in [1.82, 2.24) is 10.9 Å². The van der Waals surface area contributed by atoms with Crippen LogP contribution in [0.25, 0.3) is 0 Å². The molecule has 86 valence electrons. The molecule has 1 aromatic rings. The van der Waals surface area contributed by atoms with Gasteiger partial charge in [0.25, 0.3) is 0 Å². The maximum absolute atomic E-state index is 12.7. The molecule has 1 fully saturated rings. The number of carboxylic acids is 1. The van der Waals surface area contributed by atoms with Crippen molar-refractivity contribution in [2.75, 3.05) is 0 Å². The lowest BCUT2D eigenvalue weighted by atomic mass is 9.95. The van der Waals surface area contributed by atoms with E-state index in [4.69, 9.17) is 16.7 Å². The van der Waals surface area contributed by atoms with E-state index < -0.39 is 23.4 Å². The van der Waals surface area contributed by atoms with Crippen LogP contribution in [0.15, 0.2) is 24.3 Å². The third kappa shape index (κ3) is 2.02. The number of nitrogens with one attached hydrogen (secondary N) is 2. The van der Waals surface area contributed by atoms with Gasteiger partial charge in [-0.05, 0) is 17.7 Å². The van der Waals surface area contributed by atoms with Gasteiger partial charge in [0, 0.05) is 0 Å². The third-order valence-corrected chi connectivity index (χ3v) is 2.95. The number of aliphatic carboxylic acids is 1. The standard InChI is InChI=1S/C10H10ClFN2O2/c11-9-7(10(15)16)8(13-14-9)5-1-3-6(12)4-2-5/h1-4,7-9,13-14H,(H,15,16). The van der Waals surface area contributed by atoms with Gasteiger partial charge in [-0.15, -0.1) is 11.6 Å². The third-order valence-electron chi connectivity index (χ3n) is 2.57. The number of carbonyl (C=O) groups is 1. The summed E-state index contributed by atoms with van der Waals surface area (Å²) in [5.41, 5.74) is 5.44. The fraction of sp³-hybridized carbons (Fsp3) is 0.300. The first-order chi connectivity index (χ1) is 7.59. The Morgan fingerprint density at radius 1 is 1.31 bits per heavy atom. The maximum Gasteiger partial charge on any atom is 0.311 e. The highest BCUT2D eigenvalue weighted by Crippen LogP contribution is 2.30. The number of hydrogen-bond donors (Lipinski definition) is 3. The molecule has 1 aliphatic heterocycles. The largest absolute Gasteiger partial charge is 0.481 e. The van der Waals surface area contributed by atoms with Crippen molar-refractivity contribution in [2.24, 2.45) is 5.92 Å². The van der Waals surface area contributed by atoms with Crippen LogP contribution in [0.5, 0.6) is 0 Å². The topological polar surface area (TPSA) is 61.4 Å². The fourth-order valence-corrected chi connectivity index (χ4v) is 2.06. The predicted octanol–water partition coefficient (Wildman–Crippen LogP) is 1.24. The van der Waals surface area contributed by atoms with Crippen molar-refractivity contribution in [3.63, 3.8) is 0 Å². The van der Waals surface area contributed by atoms with Gasteiger partial charge in [0.2, 0.25) is 0 Å². The molecule has 3 unspecified atom stereocenters. The van der Waals surface area contributed by atoms with Gasteiger partial charge in [-0.2, -0.15) is 0 Å². The highest BCUT2D eigenvalue weighted by atomic mass is 35.5. The molecule has 0 saturated carbocycles. The van der Waals surface area contributed by atoms with Crippen LogP contribution in [0, 0.1) is 11.7 Å². The molecule has 1 heterocycles.